The third-order valence-corrected chi connectivity index (χ3v) is 8.57. The number of sulfonamides is 1. The number of nitrogens with one attached hydrogen (secondary N) is 1. The predicted octanol–water partition coefficient (Wildman–Crippen LogP) is 5.39. The van der Waals surface area contributed by atoms with Crippen molar-refractivity contribution in [2.24, 2.45) is 0 Å². The fourth-order valence-corrected chi connectivity index (χ4v) is 5.88. The molecule has 0 bridgehead atoms. The van der Waals surface area contributed by atoms with E-state index in [4.69, 9.17) is 0 Å². The van der Waals surface area contributed by atoms with E-state index in [0.717, 1.165) is 22.3 Å². The van der Waals surface area contributed by atoms with Crippen LogP contribution in [0.2, 0.25) is 0 Å². The molecule has 40 heavy (non-hydrogen) atoms. The predicted molar refractivity (Wildman–Crippen MR) is 161 cm³/mol. The van der Waals surface area contributed by atoms with Crippen LogP contribution in [0.25, 0.3) is 0 Å². The fourth-order valence-electron chi connectivity index (χ4n) is 4.43. The van der Waals surface area contributed by atoms with Crippen molar-refractivity contribution in [3.63, 3.8) is 0 Å². The maximum atomic E-state index is 14.1. The van der Waals surface area contributed by atoms with E-state index in [0.29, 0.717) is 12.1 Å². The number of carbonyl (C=O) groups is 2. The summed E-state index contributed by atoms with van der Waals surface area (Å²) in [5.41, 5.74) is 3.54. The molecule has 1 atom stereocenters. The van der Waals surface area contributed by atoms with Crippen molar-refractivity contribution in [2.75, 3.05) is 10.8 Å². The van der Waals surface area contributed by atoms with Gasteiger partial charge in [-0.15, -0.1) is 0 Å². The van der Waals surface area contributed by atoms with Gasteiger partial charge in [-0.2, -0.15) is 0 Å². The van der Waals surface area contributed by atoms with Crippen LogP contribution in [0.3, 0.4) is 0 Å². The van der Waals surface area contributed by atoms with Gasteiger partial charge in [0.25, 0.3) is 10.0 Å². The highest BCUT2D eigenvalue weighted by Gasteiger charge is 2.34. The van der Waals surface area contributed by atoms with Crippen molar-refractivity contribution in [3.8, 4) is 0 Å². The number of rotatable bonds is 10. The zero-order valence-electron chi connectivity index (χ0n) is 24.6. The van der Waals surface area contributed by atoms with Crippen molar-refractivity contribution in [3.05, 3.63) is 95.1 Å². The minimum absolute atomic E-state index is 0.0979. The summed E-state index contributed by atoms with van der Waals surface area (Å²) < 4.78 is 29.3. The molecule has 1 N–H and O–H groups in total. The molecular weight excluding hydrogens is 522 g/mol. The quantitative estimate of drug-likeness (QED) is 0.358. The number of nitrogens with zero attached hydrogens (tertiary/aromatic N) is 2. The van der Waals surface area contributed by atoms with Crippen molar-refractivity contribution in [1.29, 1.82) is 0 Å². The molecule has 8 heteroatoms. The van der Waals surface area contributed by atoms with Crippen LogP contribution in [0.5, 0.6) is 0 Å². The molecule has 0 heterocycles. The Morgan fingerprint density at radius 3 is 2.02 bits per heavy atom. The van der Waals surface area contributed by atoms with Gasteiger partial charge in [0, 0.05) is 12.1 Å². The molecule has 0 unspecified atom stereocenters. The largest absolute Gasteiger partial charge is 0.350 e. The Morgan fingerprint density at radius 2 is 1.45 bits per heavy atom. The maximum absolute atomic E-state index is 14.1. The first-order chi connectivity index (χ1) is 18.7. The van der Waals surface area contributed by atoms with Gasteiger partial charge in [0.15, 0.2) is 0 Å². The summed E-state index contributed by atoms with van der Waals surface area (Å²) >= 11 is 0. The molecule has 3 aromatic carbocycles. The van der Waals surface area contributed by atoms with Crippen LogP contribution in [-0.2, 0) is 32.6 Å². The van der Waals surface area contributed by atoms with E-state index in [1.54, 1.807) is 43.3 Å². The monoisotopic (exact) mass is 563 g/mol. The molecule has 0 fully saturated rings. The second kappa shape index (κ2) is 12.7. The second-order valence-corrected chi connectivity index (χ2v) is 13.0. The average Bonchev–Trinajstić information content (AvgIpc) is 2.90. The van der Waals surface area contributed by atoms with Gasteiger partial charge in [-0.05, 0) is 82.9 Å². The lowest BCUT2D eigenvalue weighted by molar-refractivity contribution is -0.140. The molecule has 0 aliphatic carbocycles. The second-order valence-electron chi connectivity index (χ2n) is 11.2. The van der Waals surface area contributed by atoms with Gasteiger partial charge in [-0.25, -0.2) is 8.42 Å². The smallest absolute Gasteiger partial charge is 0.264 e. The Morgan fingerprint density at radius 1 is 0.875 bits per heavy atom. The van der Waals surface area contributed by atoms with Gasteiger partial charge < -0.3 is 10.2 Å². The molecule has 0 aliphatic heterocycles. The van der Waals surface area contributed by atoms with Crippen LogP contribution in [0.15, 0.2) is 77.7 Å². The van der Waals surface area contributed by atoms with E-state index >= 15 is 0 Å². The van der Waals surface area contributed by atoms with Crippen molar-refractivity contribution < 1.29 is 18.0 Å². The molecule has 0 aliphatic rings. The molecule has 214 valence electrons. The third-order valence-electron chi connectivity index (χ3n) is 6.80. The molecule has 2 amide bonds. The zero-order valence-corrected chi connectivity index (χ0v) is 25.4. The number of aryl methyl sites for hydroxylation is 3. The molecule has 0 saturated heterocycles. The molecule has 0 aromatic heterocycles. The van der Waals surface area contributed by atoms with Gasteiger partial charge in [0.05, 0.1) is 10.6 Å². The summed E-state index contributed by atoms with van der Waals surface area (Å²) in [6.07, 6.45) is 0.585. The highest BCUT2D eigenvalue weighted by molar-refractivity contribution is 7.92. The summed E-state index contributed by atoms with van der Waals surface area (Å²) in [4.78, 5) is 28.9. The topological polar surface area (TPSA) is 86.8 Å². The lowest BCUT2D eigenvalue weighted by Crippen LogP contribution is -2.54. The third kappa shape index (κ3) is 7.50. The highest BCUT2D eigenvalue weighted by atomic mass is 32.2. The van der Waals surface area contributed by atoms with Gasteiger partial charge in [0.1, 0.15) is 12.6 Å². The minimum Gasteiger partial charge on any atom is -0.350 e. The summed E-state index contributed by atoms with van der Waals surface area (Å²) in [7, 11) is -4.10. The molecule has 3 aromatic rings. The van der Waals surface area contributed by atoms with Crippen molar-refractivity contribution >= 4 is 27.5 Å². The molecule has 0 radical (unpaired) electrons. The van der Waals surface area contributed by atoms with Gasteiger partial charge in [-0.3, -0.25) is 13.9 Å². The van der Waals surface area contributed by atoms with E-state index < -0.39 is 34.1 Å². The summed E-state index contributed by atoms with van der Waals surface area (Å²) in [5.74, 6) is -0.780. The lowest BCUT2D eigenvalue weighted by Gasteiger charge is -2.34. The van der Waals surface area contributed by atoms with Crippen molar-refractivity contribution in [1.82, 2.24) is 10.2 Å². The Kier molecular flexibility index (Phi) is 9.79. The lowest BCUT2D eigenvalue weighted by atomic mass is 10.1. The van der Waals surface area contributed by atoms with Gasteiger partial charge in [-0.1, -0.05) is 67.1 Å². The number of carbonyl (C=O) groups excluding carboxylic acids is 2. The van der Waals surface area contributed by atoms with Crippen LogP contribution in [0.4, 0.5) is 5.69 Å². The summed E-state index contributed by atoms with van der Waals surface area (Å²) in [5, 5.41) is 2.95. The van der Waals surface area contributed by atoms with E-state index in [1.807, 2.05) is 77.9 Å². The fraction of sp³-hybridized carbons (Fsp3) is 0.375. The Bertz CT molecular complexity index is 1440. The molecular formula is C32H41N3O4S. The molecule has 0 spiro atoms. The first-order valence-corrected chi connectivity index (χ1v) is 15.0. The first-order valence-electron chi connectivity index (χ1n) is 13.6. The normalized spacial score (nSPS) is 12.5. The number of benzene rings is 3. The SMILES string of the molecule is CCc1ccccc1N(CC(=O)N(Cc1ccccc1C)[C@H](C)C(=O)NC(C)(C)C)S(=O)(=O)c1ccc(C)cc1. The Labute approximate surface area is 239 Å². The van der Waals surface area contributed by atoms with Crippen LogP contribution < -0.4 is 9.62 Å². The van der Waals surface area contributed by atoms with E-state index in [9.17, 15) is 18.0 Å². The number of hydrogen-bond acceptors (Lipinski definition) is 4. The number of hydrogen-bond donors (Lipinski definition) is 1. The Hall–Kier alpha value is -3.65. The average molecular weight is 564 g/mol. The molecule has 7 nitrogen and oxygen atoms in total. The maximum Gasteiger partial charge on any atom is 0.264 e. The van der Waals surface area contributed by atoms with Gasteiger partial charge >= 0.3 is 0 Å². The van der Waals surface area contributed by atoms with Crippen LogP contribution in [-0.4, -0.2) is 43.3 Å². The summed E-state index contributed by atoms with van der Waals surface area (Å²) in [6.45, 7) is 12.8. The number of para-hydroxylation sites is 1. The number of anilines is 1. The zero-order chi connectivity index (χ0) is 29.7. The summed E-state index contributed by atoms with van der Waals surface area (Å²) in [6, 6.07) is 20.6. The van der Waals surface area contributed by atoms with E-state index in [1.165, 1.54) is 9.21 Å². The number of amides is 2. The van der Waals surface area contributed by atoms with Crippen LogP contribution in [0.1, 0.15) is 56.9 Å². The van der Waals surface area contributed by atoms with E-state index in [2.05, 4.69) is 5.32 Å². The van der Waals surface area contributed by atoms with E-state index in [-0.39, 0.29) is 17.3 Å². The molecule has 3 rings (SSSR count). The first kappa shape index (κ1) is 30.9. The van der Waals surface area contributed by atoms with Crippen LogP contribution in [0, 0.1) is 13.8 Å². The standard InChI is InChI=1S/C32H41N3O4S/c1-8-26-14-11-12-16-29(26)35(40(38,39)28-19-17-23(2)18-20-28)22-30(36)34(21-27-15-10-9-13-24(27)3)25(4)31(37)33-32(5,6)7/h9-20,25H,8,21-22H2,1-7H3,(H,33,37)/t25-/m1/s1. The Balaban J connectivity index is 2.09. The molecule has 0 saturated carbocycles. The van der Waals surface area contributed by atoms with Gasteiger partial charge in [0.2, 0.25) is 11.8 Å². The minimum atomic E-state index is -4.10. The van der Waals surface area contributed by atoms with Crippen LogP contribution >= 0.6 is 0 Å². The highest BCUT2D eigenvalue weighted by Crippen LogP contribution is 2.28. The van der Waals surface area contributed by atoms with Crippen molar-refractivity contribution in [2.45, 2.75) is 77.9 Å².